The van der Waals surface area contributed by atoms with Crippen molar-refractivity contribution < 1.29 is 4.39 Å². The minimum absolute atomic E-state index is 0.122. The first kappa shape index (κ1) is 13.3. The number of hydrogen-bond donors (Lipinski definition) is 1. The van der Waals surface area contributed by atoms with Gasteiger partial charge >= 0.3 is 0 Å². The van der Waals surface area contributed by atoms with Crippen LogP contribution in [0.1, 0.15) is 26.5 Å². The Bertz CT molecular complexity index is 637. The lowest BCUT2D eigenvalue weighted by atomic mass is 9.92. The van der Waals surface area contributed by atoms with E-state index in [0.717, 1.165) is 5.69 Å². The Labute approximate surface area is 115 Å². The molecule has 1 heterocycles. The molecular formula is C13H14ClFN2S. The zero-order valence-electron chi connectivity index (χ0n) is 10.4. The molecule has 1 aromatic carbocycles. The first-order chi connectivity index (χ1) is 8.30. The van der Waals surface area contributed by atoms with E-state index in [1.54, 1.807) is 4.57 Å². The van der Waals surface area contributed by atoms with Gasteiger partial charge in [-0.3, -0.25) is 4.57 Å². The van der Waals surface area contributed by atoms with Gasteiger partial charge in [0.2, 0.25) is 0 Å². The predicted octanol–water partition coefficient (Wildman–Crippen LogP) is 4.62. The lowest BCUT2D eigenvalue weighted by Gasteiger charge is -2.21. The maximum Gasteiger partial charge on any atom is 0.182 e. The van der Waals surface area contributed by atoms with Gasteiger partial charge in [0.05, 0.1) is 10.7 Å². The van der Waals surface area contributed by atoms with Crippen molar-refractivity contribution in [3.8, 4) is 5.69 Å². The molecular weight excluding hydrogens is 271 g/mol. The number of benzene rings is 1. The van der Waals surface area contributed by atoms with E-state index in [1.165, 1.54) is 18.2 Å². The van der Waals surface area contributed by atoms with Crippen molar-refractivity contribution in [3.05, 3.63) is 45.7 Å². The highest BCUT2D eigenvalue weighted by atomic mass is 35.5. The Morgan fingerprint density at radius 2 is 2.00 bits per heavy atom. The van der Waals surface area contributed by atoms with Crippen LogP contribution in [0, 0.1) is 10.6 Å². The SMILES string of the molecule is CC(C)(C)c1c[nH]c(=S)n1-c1cc(F)ccc1Cl. The van der Waals surface area contributed by atoms with Crippen LogP contribution >= 0.6 is 23.8 Å². The molecule has 5 heteroatoms. The van der Waals surface area contributed by atoms with Gasteiger partial charge in [-0.2, -0.15) is 0 Å². The third-order valence-electron chi connectivity index (χ3n) is 2.69. The highest BCUT2D eigenvalue weighted by Crippen LogP contribution is 2.29. The molecule has 0 fully saturated rings. The summed E-state index contributed by atoms with van der Waals surface area (Å²) in [4.78, 5) is 2.99. The second kappa shape index (κ2) is 4.52. The summed E-state index contributed by atoms with van der Waals surface area (Å²) in [5.74, 6) is -0.336. The Morgan fingerprint density at radius 1 is 1.33 bits per heavy atom. The average molecular weight is 285 g/mol. The van der Waals surface area contributed by atoms with Gasteiger partial charge in [-0.25, -0.2) is 4.39 Å². The van der Waals surface area contributed by atoms with Crippen molar-refractivity contribution in [2.45, 2.75) is 26.2 Å². The number of nitrogens with one attached hydrogen (secondary N) is 1. The molecule has 0 aliphatic heterocycles. The Morgan fingerprint density at radius 3 is 2.61 bits per heavy atom. The molecule has 0 atom stereocenters. The summed E-state index contributed by atoms with van der Waals surface area (Å²) >= 11 is 11.4. The van der Waals surface area contributed by atoms with Crippen molar-refractivity contribution in [3.63, 3.8) is 0 Å². The summed E-state index contributed by atoms with van der Waals surface area (Å²) in [6.07, 6.45) is 1.84. The van der Waals surface area contributed by atoms with E-state index in [-0.39, 0.29) is 11.2 Å². The molecule has 0 radical (unpaired) electrons. The second-order valence-corrected chi connectivity index (χ2v) is 5.95. The van der Waals surface area contributed by atoms with Gasteiger partial charge in [-0.15, -0.1) is 0 Å². The fourth-order valence-corrected chi connectivity index (χ4v) is 2.27. The Balaban J connectivity index is 2.75. The number of aromatic nitrogens is 2. The summed E-state index contributed by atoms with van der Waals surface area (Å²) in [7, 11) is 0. The van der Waals surface area contributed by atoms with E-state index in [1.807, 2.05) is 6.20 Å². The molecule has 0 amide bonds. The smallest absolute Gasteiger partial charge is 0.182 e. The van der Waals surface area contributed by atoms with Crippen molar-refractivity contribution in [1.29, 1.82) is 0 Å². The molecule has 2 nitrogen and oxygen atoms in total. The number of H-pyrrole nitrogens is 1. The minimum Gasteiger partial charge on any atom is -0.337 e. The summed E-state index contributed by atoms with van der Waals surface area (Å²) in [6, 6.07) is 4.26. The third kappa shape index (κ3) is 2.35. The molecule has 0 spiro atoms. The number of imidazole rings is 1. The molecule has 96 valence electrons. The molecule has 0 saturated heterocycles. The van der Waals surface area contributed by atoms with E-state index >= 15 is 0 Å². The first-order valence-electron chi connectivity index (χ1n) is 5.57. The minimum atomic E-state index is -0.336. The monoisotopic (exact) mass is 284 g/mol. The van der Waals surface area contributed by atoms with Crippen LogP contribution in [-0.2, 0) is 5.41 Å². The lowest BCUT2D eigenvalue weighted by molar-refractivity contribution is 0.554. The fraction of sp³-hybridized carbons (Fsp3) is 0.308. The van der Waals surface area contributed by atoms with Gasteiger partial charge in [0, 0.05) is 17.3 Å². The van der Waals surface area contributed by atoms with Gasteiger partial charge < -0.3 is 4.98 Å². The van der Waals surface area contributed by atoms with E-state index in [4.69, 9.17) is 23.8 Å². The predicted molar refractivity (Wildman–Crippen MR) is 74.6 cm³/mol. The van der Waals surface area contributed by atoms with Crippen LogP contribution in [0.15, 0.2) is 24.4 Å². The van der Waals surface area contributed by atoms with Crippen LogP contribution in [0.3, 0.4) is 0 Å². The molecule has 2 aromatic rings. The third-order valence-corrected chi connectivity index (χ3v) is 3.31. The normalized spacial score (nSPS) is 11.8. The molecule has 0 aliphatic rings. The van der Waals surface area contributed by atoms with Crippen LogP contribution in [0.25, 0.3) is 5.69 Å². The first-order valence-corrected chi connectivity index (χ1v) is 6.35. The maximum absolute atomic E-state index is 13.4. The quantitative estimate of drug-likeness (QED) is 0.758. The molecule has 0 bridgehead atoms. The summed E-state index contributed by atoms with van der Waals surface area (Å²) < 4.78 is 15.7. The topological polar surface area (TPSA) is 20.7 Å². The van der Waals surface area contributed by atoms with Crippen LogP contribution in [-0.4, -0.2) is 9.55 Å². The van der Waals surface area contributed by atoms with Gasteiger partial charge in [0.1, 0.15) is 5.82 Å². The highest BCUT2D eigenvalue weighted by Gasteiger charge is 2.21. The Hall–Kier alpha value is -1.13. The molecule has 18 heavy (non-hydrogen) atoms. The molecule has 1 aromatic heterocycles. The lowest BCUT2D eigenvalue weighted by Crippen LogP contribution is -2.17. The van der Waals surface area contributed by atoms with Crippen molar-refractivity contribution >= 4 is 23.8 Å². The van der Waals surface area contributed by atoms with E-state index in [2.05, 4.69) is 25.8 Å². The van der Waals surface area contributed by atoms with Gasteiger partial charge in [0.25, 0.3) is 0 Å². The fourth-order valence-electron chi connectivity index (χ4n) is 1.82. The van der Waals surface area contributed by atoms with Gasteiger partial charge in [-0.05, 0) is 30.4 Å². The van der Waals surface area contributed by atoms with E-state index in [9.17, 15) is 4.39 Å². The maximum atomic E-state index is 13.4. The van der Waals surface area contributed by atoms with Gasteiger partial charge in [-0.1, -0.05) is 32.4 Å². The zero-order chi connectivity index (χ0) is 13.5. The van der Waals surface area contributed by atoms with Crippen LogP contribution in [0.5, 0.6) is 0 Å². The molecule has 1 N–H and O–H groups in total. The second-order valence-electron chi connectivity index (χ2n) is 5.16. The average Bonchev–Trinajstić information content (AvgIpc) is 2.63. The van der Waals surface area contributed by atoms with Crippen LogP contribution in [0.2, 0.25) is 5.02 Å². The van der Waals surface area contributed by atoms with Gasteiger partial charge in [0.15, 0.2) is 4.77 Å². The standard InChI is InChI=1S/C13H14ClFN2S/c1-13(2,3)11-7-16-12(18)17(11)10-6-8(15)4-5-9(10)14/h4-7H,1-3H3,(H,16,18). The number of hydrogen-bond acceptors (Lipinski definition) is 1. The summed E-state index contributed by atoms with van der Waals surface area (Å²) in [6.45, 7) is 6.19. The number of rotatable bonds is 1. The van der Waals surface area contributed by atoms with Crippen LogP contribution in [0.4, 0.5) is 4.39 Å². The van der Waals surface area contributed by atoms with Crippen LogP contribution < -0.4 is 0 Å². The van der Waals surface area contributed by atoms with E-state index < -0.39 is 0 Å². The molecule has 0 unspecified atom stereocenters. The zero-order valence-corrected chi connectivity index (χ0v) is 12.0. The summed E-state index contributed by atoms with van der Waals surface area (Å²) in [5.41, 5.74) is 1.40. The summed E-state index contributed by atoms with van der Waals surface area (Å²) in [5, 5.41) is 0.470. The molecule has 2 rings (SSSR count). The molecule has 0 aliphatic carbocycles. The number of nitrogens with zero attached hydrogens (tertiary/aromatic N) is 1. The van der Waals surface area contributed by atoms with E-state index in [0.29, 0.717) is 15.5 Å². The van der Waals surface area contributed by atoms with Crippen molar-refractivity contribution in [2.75, 3.05) is 0 Å². The Kier molecular flexibility index (Phi) is 3.34. The highest BCUT2D eigenvalue weighted by molar-refractivity contribution is 7.71. The largest absolute Gasteiger partial charge is 0.337 e. The number of halogens is 2. The molecule has 0 saturated carbocycles. The van der Waals surface area contributed by atoms with Crippen molar-refractivity contribution in [1.82, 2.24) is 9.55 Å². The number of aromatic amines is 1. The van der Waals surface area contributed by atoms with Crippen molar-refractivity contribution in [2.24, 2.45) is 0 Å².